The van der Waals surface area contributed by atoms with Gasteiger partial charge in [0.2, 0.25) is 5.28 Å². The highest BCUT2D eigenvalue weighted by atomic mass is 127. The monoisotopic (exact) mass is 1980 g/mol. The summed E-state index contributed by atoms with van der Waals surface area (Å²) in [6.07, 6.45) is 17.8. The molecule has 10 aromatic rings. The van der Waals surface area contributed by atoms with Crippen molar-refractivity contribution in [3.8, 4) is 0 Å². The van der Waals surface area contributed by atoms with Crippen LogP contribution in [0.3, 0.4) is 0 Å². The lowest BCUT2D eigenvalue weighted by molar-refractivity contribution is -0.0413. The van der Waals surface area contributed by atoms with E-state index in [-0.39, 0.29) is 22.1 Å². The Morgan fingerprint density at radius 2 is 0.675 bits per heavy atom. The number of aromatic amines is 1. The van der Waals surface area contributed by atoms with Gasteiger partial charge >= 0.3 is 0 Å². The van der Waals surface area contributed by atoms with Crippen molar-refractivity contribution in [2.45, 2.75) is 155 Å². The maximum atomic E-state index is 14.3. The average molecular weight is 1980 g/mol. The predicted octanol–water partition coefficient (Wildman–Crippen LogP) is 6.48. The number of ether oxygens (including phenoxy) is 5. The molecular weight excluding hydrogens is 1870 g/mol. The van der Waals surface area contributed by atoms with Gasteiger partial charge < -0.3 is 108 Å². The van der Waals surface area contributed by atoms with Gasteiger partial charge in [0.1, 0.15) is 88.6 Å². The highest BCUT2D eigenvalue weighted by molar-refractivity contribution is 14.1. The molecule has 0 aliphatic carbocycles. The van der Waals surface area contributed by atoms with Crippen LogP contribution in [-0.2, 0) is 23.7 Å². The van der Waals surface area contributed by atoms with Crippen LogP contribution in [-0.4, -0.2) is 344 Å². The number of pyridine rings is 5. The van der Waals surface area contributed by atoms with Gasteiger partial charge in [-0.3, -0.25) is 22.8 Å². The third-order valence-electron chi connectivity index (χ3n) is 21.0. The summed E-state index contributed by atoms with van der Waals surface area (Å²) in [6.45, 7) is 15.0. The highest BCUT2D eigenvalue weighted by Gasteiger charge is 2.50. The number of rotatable bonds is 20. The largest absolute Gasteiger partial charge is 0.397 e. The molecule has 45 heteroatoms. The summed E-state index contributed by atoms with van der Waals surface area (Å²) in [5, 5.41) is 104. The molecule has 0 spiro atoms. The first kappa shape index (κ1) is 95.3. The summed E-state index contributed by atoms with van der Waals surface area (Å²) >= 11 is 17.0. The molecule has 21 N–H and O–H groups in total. The topological polar surface area (TPSA) is 535 Å². The number of aliphatic hydroxyl groups excluding tert-OH is 10. The third kappa shape index (κ3) is 21.7. The SMILES string of the molecule is C=P(C)(C)CC[C@H]1OC(n2c(=S)[nH]c3c(N)ccnc32)[C@H](O)[C@@H]1O.C=P(C)(C)CC[C@H]1OC(n2c(Br)nc3c(N)ccnc32)[C@H](O)[C@@H]1O.C=P(C)(C)CC[C@H]1OC(n2c(Cl)nc3c(N)ccnc32)[C@H](O)[C@@H]1O.C=P(C)(C)CC[C@H]1OC(n2c(F)nc3c(N)ccnc32)[C@H](O)[C@@H]1O.C=P(C)(C)CC[C@H]1OC(n2c(I)nc3c(N)ccnc32)[C@H](O)[C@@H]1O. The number of nitrogen functional groups attached to an aromatic ring is 5. The number of nitrogens with zero attached hydrogens (tertiary/aromatic N) is 14. The van der Waals surface area contributed by atoms with Crippen LogP contribution >= 0.6 is 96.8 Å². The van der Waals surface area contributed by atoms with Gasteiger partial charge in [0.25, 0.3) is 6.08 Å². The van der Waals surface area contributed by atoms with Gasteiger partial charge in [0.05, 0.1) is 59.0 Å². The predicted molar refractivity (Wildman–Crippen MR) is 499 cm³/mol. The molecule has 5 fully saturated rings. The van der Waals surface area contributed by atoms with Crippen molar-refractivity contribution in [2.75, 3.05) is 126 Å². The second-order valence-corrected chi connectivity index (χ2v) is 58.2. The maximum absolute atomic E-state index is 14.3. The third-order valence-corrected chi connectivity index (χ3v) is 30.2. The van der Waals surface area contributed by atoms with Crippen LogP contribution < -0.4 is 28.7 Å². The molecule has 120 heavy (non-hydrogen) atoms. The Bertz CT molecular complexity index is 5130. The van der Waals surface area contributed by atoms with Crippen LogP contribution in [0, 0.1) is 14.7 Å². The second-order valence-electron chi connectivity index (χ2n) is 34.2. The van der Waals surface area contributed by atoms with Gasteiger partial charge in [-0.15, -0.1) is 65.9 Å². The Morgan fingerprint density at radius 3 is 1.03 bits per heavy atom. The number of halogens is 4. The number of H-pyrrole nitrogens is 1. The molecule has 0 radical (unpaired) electrons. The number of anilines is 5. The van der Waals surface area contributed by atoms with E-state index in [1.807, 2.05) is 0 Å². The molecule has 0 saturated carbocycles. The second kappa shape index (κ2) is 38.1. The number of fused-ring (bicyclic) bond motifs is 5. The molecule has 5 aliphatic rings. The minimum atomic E-state index is -1.29. The summed E-state index contributed by atoms with van der Waals surface area (Å²) in [5.41, 5.74) is 36.2. The van der Waals surface area contributed by atoms with Crippen molar-refractivity contribution in [1.29, 1.82) is 0 Å². The smallest absolute Gasteiger partial charge is 0.293 e. The van der Waals surface area contributed by atoms with E-state index in [1.54, 1.807) is 56.6 Å². The summed E-state index contributed by atoms with van der Waals surface area (Å²) in [7, 11) is 0. The van der Waals surface area contributed by atoms with Gasteiger partial charge in [-0.1, -0.05) is 0 Å². The first-order valence-corrected chi connectivity index (χ1v) is 56.3. The van der Waals surface area contributed by atoms with Crippen molar-refractivity contribution in [3.63, 3.8) is 0 Å². The molecule has 35 nitrogen and oxygen atoms in total. The molecule has 10 aromatic heterocycles. The van der Waals surface area contributed by atoms with Gasteiger partial charge in [-0.2, -0.15) is 9.37 Å². The normalized spacial score (nSPS) is 27.9. The fourth-order valence-electron chi connectivity index (χ4n) is 14.4. The van der Waals surface area contributed by atoms with Crippen molar-refractivity contribution in [2.24, 2.45) is 0 Å². The number of hydrogen-bond donors (Lipinski definition) is 16. The van der Waals surface area contributed by atoms with E-state index < -0.39 is 163 Å². The number of aliphatic hydroxyl groups is 10. The van der Waals surface area contributed by atoms with Gasteiger partial charge in [-0.25, -0.2) is 39.9 Å². The molecule has 5 saturated heterocycles. The summed E-state index contributed by atoms with van der Waals surface area (Å²) in [4.78, 5) is 40.9. The van der Waals surface area contributed by atoms with Crippen LogP contribution in [0.25, 0.3) is 55.8 Å². The minimum Gasteiger partial charge on any atom is -0.397 e. The molecule has 15 rings (SSSR count). The van der Waals surface area contributed by atoms with Crippen molar-refractivity contribution < 1.29 is 79.1 Å². The molecular formula is C75H111BrClFIN20O15P5S. The fraction of sp³-hybridized carbons (Fsp3) is 0.533. The summed E-state index contributed by atoms with van der Waals surface area (Å²) in [6, 6.07) is 8.15. The summed E-state index contributed by atoms with van der Waals surface area (Å²) in [5.74, 6) is 0. The number of aromatic nitrogens is 15. The Kier molecular flexibility index (Phi) is 30.2. The molecule has 5 aliphatic heterocycles. The zero-order valence-corrected chi connectivity index (χ0v) is 78.0. The fourth-order valence-corrected chi connectivity index (χ4v) is 21.0. The lowest BCUT2D eigenvalue weighted by atomic mass is 10.1. The molecule has 0 aromatic carbocycles. The van der Waals surface area contributed by atoms with E-state index in [4.69, 9.17) is 76.2 Å². The van der Waals surface area contributed by atoms with E-state index in [1.165, 1.54) is 23.0 Å². The van der Waals surface area contributed by atoms with Crippen molar-refractivity contribution in [1.82, 2.24) is 72.7 Å². The lowest BCUT2D eigenvalue weighted by Gasteiger charge is -2.19. The first-order valence-electron chi connectivity index (χ1n) is 38.4. The van der Waals surface area contributed by atoms with Gasteiger partial charge in [0, 0.05) is 53.6 Å². The Balaban J connectivity index is 0.000000147. The van der Waals surface area contributed by atoms with Crippen LogP contribution in [0.15, 0.2) is 66.0 Å². The number of nitrogens with one attached hydrogen (secondary N) is 1. The average Bonchev–Trinajstić information content (AvgIpc) is 1.63. The molecule has 0 amide bonds. The zero-order chi connectivity index (χ0) is 88.2. The zero-order valence-electron chi connectivity index (χ0n) is 68.2. The van der Waals surface area contributed by atoms with Crippen molar-refractivity contribution in [3.05, 3.63) is 86.0 Å². The van der Waals surface area contributed by atoms with E-state index in [0.717, 1.165) is 35.4 Å². The lowest BCUT2D eigenvalue weighted by Crippen LogP contribution is -2.32. The van der Waals surface area contributed by atoms with Gasteiger partial charge in [-0.05, 0) is 200 Å². The Hall–Kier alpha value is -5.35. The van der Waals surface area contributed by atoms with Crippen LogP contribution in [0.2, 0.25) is 5.28 Å². The molecule has 0 bridgehead atoms. The van der Waals surface area contributed by atoms with E-state index >= 15 is 0 Å². The van der Waals surface area contributed by atoms with Gasteiger partial charge in [0.15, 0.2) is 72.7 Å². The first-order chi connectivity index (χ1) is 55.9. The Morgan fingerprint density at radius 1 is 0.408 bits per heavy atom. The van der Waals surface area contributed by atoms with Crippen LogP contribution in [0.1, 0.15) is 63.2 Å². The molecule has 5 unspecified atom stereocenters. The van der Waals surface area contributed by atoms with Crippen LogP contribution in [0.4, 0.5) is 32.8 Å². The van der Waals surface area contributed by atoms with E-state index in [0.29, 0.717) is 113 Å². The summed E-state index contributed by atoms with van der Waals surface area (Å²) < 4.78 is 52.7. The number of nitrogens with two attached hydrogens (primary N) is 5. The Labute approximate surface area is 726 Å². The molecule has 15 heterocycles. The van der Waals surface area contributed by atoms with Crippen molar-refractivity contribution >= 4 is 213 Å². The number of hydrogen-bond acceptors (Lipinski definition) is 30. The standard InChI is InChI=1S/C15H22BrN4O3P.C15H22ClN4O3P.C15H22FN4O3P.C15H22IN4O3P.C15H23N4O3PS/c4*1-24(2,3)7-5-9-11(21)12(22)14(23-9)20-13-10(19-15(20)16)8(17)4-6-18-13;1-23(2,3)7-5-9-11(20)12(21)14(22-9)19-13-10(18-15(19)24)8(16)4-6-17-13/h4*4,6,9,11-12,14,21-22H,1,5,7H2,2-3H3,(H2,17,18);4,6,9,11-12,14,20-21H,1,5,7H2,2-3H3,(H2,16,17)(H,18,24)/t5*9-,11-,12-,14?/m11111/s1. The van der Waals surface area contributed by atoms with E-state index in [9.17, 15) is 55.5 Å². The highest BCUT2D eigenvalue weighted by Crippen LogP contribution is 2.47. The number of imidazole rings is 5. The minimum absolute atomic E-state index is 0.109. The molecule has 20 atom stereocenters. The maximum Gasteiger partial charge on any atom is 0.293 e. The van der Waals surface area contributed by atoms with Crippen LogP contribution in [0.5, 0.6) is 0 Å². The molecule has 660 valence electrons. The quantitative estimate of drug-likeness (QED) is 0.0220. The van der Waals surface area contributed by atoms with E-state index in [2.05, 4.69) is 187 Å².